The van der Waals surface area contributed by atoms with Crippen LogP contribution in [-0.2, 0) is 12.7 Å². The van der Waals surface area contributed by atoms with Gasteiger partial charge >= 0.3 is 6.18 Å². The maximum atomic E-state index is 12.6. The molecule has 2 aromatic heterocycles. The lowest BCUT2D eigenvalue weighted by atomic mass is 10.0. The van der Waals surface area contributed by atoms with Crippen LogP contribution in [0.4, 0.5) is 13.2 Å². The Labute approximate surface area is 136 Å². The molecule has 0 aliphatic carbocycles. The average molecular weight is 339 g/mol. The number of carbonyl (C=O) groups excluding carboxylic acids is 1. The van der Waals surface area contributed by atoms with Crippen molar-refractivity contribution in [1.82, 2.24) is 24.6 Å². The molecule has 1 fully saturated rings. The molecule has 1 unspecified atom stereocenters. The highest BCUT2D eigenvalue weighted by Crippen LogP contribution is 2.26. The van der Waals surface area contributed by atoms with Gasteiger partial charge < -0.3 is 4.90 Å². The number of piperidine rings is 1. The number of aromatic nitrogens is 4. The number of hydrogen-bond donors (Lipinski definition) is 0. The Hall–Kier alpha value is -2.45. The summed E-state index contributed by atoms with van der Waals surface area (Å²) in [7, 11) is 0. The van der Waals surface area contributed by atoms with Crippen LogP contribution in [-0.4, -0.2) is 43.1 Å². The predicted molar refractivity (Wildman–Crippen MR) is 77.9 cm³/mol. The van der Waals surface area contributed by atoms with Crippen molar-refractivity contribution in [3.63, 3.8) is 0 Å². The van der Waals surface area contributed by atoms with Crippen molar-refractivity contribution in [1.29, 1.82) is 0 Å². The van der Waals surface area contributed by atoms with Gasteiger partial charge in [-0.25, -0.2) is 9.97 Å². The van der Waals surface area contributed by atoms with Gasteiger partial charge in [0.1, 0.15) is 0 Å². The molecule has 0 N–H and O–H groups in total. The second-order valence-corrected chi connectivity index (χ2v) is 5.67. The minimum atomic E-state index is -4.62. The van der Waals surface area contributed by atoms with Crippen LogP contribution in [0.2, 0.25) is 0 Å². The molecular weight excluding hydrogens is 323 g/mol. The molecule has 1 atom stereocenters. The van der Waals surface area contributed by atoms with Crippen LogP contribution in [0.25, 0.3) is 0 Å². The van der Waals surface area contributed by atoms with Gasteiger partial charge in [0.25, 0.3) is 5.91 Å². The van der Waals surface area contributed by atoms with E-state index in [4.69, 9.17) is 0 Å². The summed E-state index contributed by atoms with van der Waals surface area (Å²) in [6, 6.07) is 1.76. The number of hydrogen-bond acceptors (Lipinski definition) is 4. The lowest BCUT2D eigenvalue weighted by molar-refractivity contribution is -0.145. The van der Waals surface area contributed by atoms with E-state index in [0.717, 1.165) is 31.7 Å². The third kappa shape index (κ3) is 3.55. The van der Waals surface area contributed by atoms with E-state index in [1.165, 1.54) is 0 Å². The zero-order chi connectivity index (χ0) is 17.2. The second-order valence-electron chi connectivity index (χ2n) is 5.67. The van der Waals surface area contributed by atoms with Gasteiger partial charge in [0.05, 0.1) is 18.2 Å². The van der Waals surface area contributed by atoms with Crippen LogP contribution in [0.15, 0.2) is 30.9 Å². The van der Waals surface area contributed by atoms with Gasteiger partial charge in [-0.05, 0) is 25.3 Å². The van der Waals surface area contributed by atoms with Crippen molar-refractivity contribution >= 4 is 5.91 Å². The number of nitrogens with zero attached hydrogens (tertiary/aromatic N) is 5. The van der Waals surface area contributed by atoms with Crippen molar-refractivity contribution < 1.29 is 18.0 Å². The molecular formula is C15H16F3N5O. The Bertz CT molecular complexity index is 684. The largest absolute Gasteiger partial charge is 0.451 e. The highest BCUT2D eigenvalue weighted by molar-refractivity contribution is 5.93. The molecule has 9 heteroatoms. The zero-order valence-electron chi connectivity index (χ0n) is 12.8. The van der Waals surface area contributed by atoms with Gasteiger partial charge in [-0.1, -0.05) is 0 Å². The van der Waals surface area contributed by atoms with Crippen molar-refractivity contribution in [3.8, 4) is 0 Å². The average Bonchev–Trinajstić information content (AvgIpc) is 3.07. The summed E-state index contributed by atoms with van der Waals surface area (Å²) in [5.41, 5.74) is 0.0652. The van der Waals surface area contributed by atoms with Gasteiger partial charge in [0, 0.05) is 31.3 Å². The molecule has 1 amide bonds. The van der Waals surface area contributed by atoms with E-state index in [0.29, 0.717) is 13.1 Å². The van der Waals surface area contributed by atoms with Crippen molar-refractivity contribution in [2.24, 2.45) is 0 Å². The smallest absolute Gasteiger partial charge is 0.334 e. The standard InChI is InChI=1S/C15H16F3N5O/c16-15(17,18)14-19-8-11(9-20-14)13(24)23-7-2-1-4-12(23)10-22-6-3-5-21-22/h3,5-6,8-9,12H,1-2,4,7,10H2. The number of alkyl halides is 3. The van der Waals surface area contributed by atoms with E-state index < -0.39 is 12.0 Å². The van der Waals surface area contributed by atoms with Gasteiger partial charge in [-0.3, -0.25) is 9.48 Å². The molecule has 0 saturated carbocycles. The fourth-order valence-electron chi connectivity index (χ4n) is 2.83. The monoisotopic (exact) mass is 339 g/mol. The molecule has 3 heterocycles. The molecule has 1 saturated heterocycles. The predicted octanol–water partition coefficient (Wildman–Crippen LogP) is 2.39. The van der Waals surface area contributed by atoms with Crippen LogP contribution >= 0.6 is 0 Å². The molecule has 0 bridgehead atoms. The van der Waals surface area contributed by atoms with Crippen molar-refractivity contribution in [2.45, 2.75) is 38.0 Å². The van der Waals surface area contributed by atoms with Crippen LogP contribution in [0.1, 0.15) is 35.4 Å². The molecule has 0 aromatic carbocycles. The number of likely N-dealkylation sites (tertiary alicyclic amines) is 1. The van der Waals surface area contributed by atoms with Crippen molar-refractivity contribution in [2.75, 3.05) is 6.54 Å². The SMILES string of the molecule is O=C(c1cnc(C(F)(F)F)nc1)N1CCCCC1Cn1cccn1. The molecule has 0 radical (unpaired) electrons. The van der Waals surface area contributed by atoms with Gasteiger partial charge in [-0.15, -0.1) is 0 Å². The highest BCUT2D eigenvalue weighted by Gasteiger charge is 2.35. The van der Waals surface area contributed by atoms with Gasteiger partial charge in [0.15, 0.2) is 0 Å². The number of rotatable bonds is 3. The third-order valence-electron chi connectivity index (χ3n) is 4.00. The van der Waals surface area contributed by atoms with E-state index in [-0.39, 0.29) is 17.5 Å². The maximum Gasteiger partial charge on any atom is 0.451 e. The number of amides is 1. The minimum absolute atomic E-state index is 0.0477. The zero-order valence-corrected chi connectivity index (χ0v) is 12.8. The fraction of sp³-hybridized carbons (Fsp3) is 0.467. The van der Waals surface area contributed by atoms with Gasteiger partial charge in [0.2, 0.25) is 5.82 Å². The summed E-state index contributed by atoms with van der Waals surface area (Å²) < 4.78 is 39.3. The third-order valence-corrected chi connectivity index (χ3v) is 4.00. The van der Waals surface area contributed by atoms with Crippen LogP contribution in [0.3, 0.4) is 0 Å². The Morgan fingerprint density at radius 1 is 1.25 bits per heavy atom. The Kier molecular flexibility index (Phi) is 4.50. The summed E-state index contributed by atoms with van der Waals surface area (Å²) in [5, 5.41) is 4.14. The van der Waals surface area contributed by atoms with E-state index >= 15 is 0 Å². The van der Waals surface area contributed by atoms with E-state index in [1.807, 2.05) is 6.20 Å². The summed E-state index contributed by atoms with van der Waals surface area (Å²) in [6.45, 7) is 1.12. The highest BCUT2D eigenvalue weighted by atomic mass is 19.4. The molecule has 24 heavy (non-hydrogen) atoms. The number of halogens is 3. The van der Waals surface area contributed by atoms with Crippen LogP contribution in [0, 0.1) is 0 Å². The first-order valence-electron chi connectivity index (χ1n) is 7.63. The lowest BCUT2D eigenvalue weighted by Gasteiger charge is -2.35. The molecule has 6 nitrogen and oxygen atoms in total. The van der Waals surface area contributed by atoms with E-state index in [2.05, 4.69) is 15.1 Å². The maximum absolute atomic E-state index is 12.6. The molecule has 0 spiro atoms. The first kappa shape index (κ1) is 16.4. The Morgan fingerprint density at radius 2 is 2.00 bits per heavy atom. The summed E-state index contributed by atoms with van der Waals surface area (Å²) in [5.74, 6) is -1.59. The summed E-state index contributed by atoms with van der Waals surface area (Å²) >= 11 is 0. The lowest BCUT2D eigenvalue weighted by Crippen LogP contribution is -2.46. The molecule has 2 aromatic rings. The topological polar surface area (TPSA) is 63.9 Å². The quantitative estimate of drug-likeness (QED) is 0.861. The first-order chi connectivity index (χ1) is 11.4. The number of carbonyl (C=O) groups is 1. The normalized spacial score (nSPS) is 18.6. The van der Waals surface area contributed by atoms with Crippen LogP contribution in [0.5, 0.6) is 0 Å². The van der Waals surface area contributed by atoms with Gasteiger partial charge in [-0.2, -0.15) is 18.3 Å². The fourth-order valence-corrected chi connectivity index (χ4v) is 2.83. The second kappa shape index (κ2) is 6.58. The molecule has 128 valence electrons. The van der Waals surface area contributed by atoms with Crippen LogP contribution < -0.4 is 0 Å². The van der Waals surface area contributed by atoms with Crippen molar-refractivity contribution in [3.05, 3.63) is 42.2 Å². The summed E-state index contributed by atoms with van der Waals surface area (Å²) in [4.78, 5) is 20.8. The molecule has 1 aliphatic heterocycles. The Balaban J connectivity index is 1.76. The summed E-state index contributed by atoms with van der Waals surface area (Å²) in [6.07, 6.45) is 3.44. The molecule has 1 aliphatic rings. The molecule has 3 rings (SSSR count). The first-order valence-corrected chi connectivity index (χ1v) is 7.63. The van der Waals surface area contributed by atoms with E-state index in [1.54, 1.807) is 21.8 Å². The van der Waals surface area contributed by atoms with E-state index in [9.17, 15) is 18.0 Å². The Morgan fingerprint density at radius 3 is 2.62 bits per heavy atom. The minimum Gasteiger partial charge on any atom is -0.334 e.